The van der Waals surface area contributed by atoms with Gasteiger partial charge in [0, 0.05) is 0 Å². The monoisotopic (exact) mass is 421 g/mol. The number of hydrogen-bond acceptors (Lipinski definition) is 6. The molecule has 2 aromatic carbocycles. The molecule has 0 aromatic heterocycles. The largest absolute Gasteiger partial charge is 0.496 e. The predicted octanol–water partition coefficient (Wildman–Crippen LogP) is 3.93. The number of carbonyl (C=O) groups excluding carboxylic acids is 1. The first-order valence-corrected chi connectivity index (χ1v) is 10.8. The zero-order valence-corrected chi connectivity index (χ0v) is 18.1. The fourth-order valence-corrected chi connectivity index (χ4v) is 4.94. The third-order valence-electron chi connectivity index (χ3n) is 4.75. The van der Waals surface area contributed by atoms with Crippen LogP contribution in [0.15, 0.2) is 41.3 Å². The summed E-state index contributed by atoms with van der Waals surface area (Å²) in [5, 5.41) is 2.23. The second-order valence-corrected chi connectivity index (χ2v) is 8.57. The van der Waals surface area contributed by atoms with Gasteiger partial charge in [-0.3, -0.25) is 4.79 Å². The van der Waals surface area contributed by atoms with Gasteiger partial charge in [-0.25, -0.2) is 8.42 Å². The molecule has 0 saturated carbocycles. The summed E-state index contributed by atoms with van der Waals surface area (Å²) in [5.74, 6) is 0.508. The van der Waals surface area contributed by atoms with E-state index in [4.69, 9.17) is 14.2 Å². The van der Waals surface area contributed by atoms with Crippen molar-refractivity contribution in [3.8, 4) is 17.2 Å². The van der Waals surface area contributed by atoms with Crippen molar-refractivity contribution in [3.63, 3.8) is 0 Å². The van der Waals surface area contributed by atoms with E-state index in [1.54, 1.807) is 18.2 Å². The maximum Gasteiger partial charge on any atom is 0.263 e. The van der Waals surface area contributed by atoms with E-state index >= 15 is 0 Å². The minimum Gasteiger partial charge on any atom is -0.496 e. The van der Waals surface area contributed by atoms with E-state index < -0.39 is 21.0 Å². The van der Waals surface area contributed by atoms with E-state index in [9.17, 15) is 13.2 Å². The van der Waals surface area contributed by atoms with Crippen LogP contribution < -0.4 is 19.5 Å². The molecule has 7 nitrogen and oxygen atoms in total. The summed E-state index contributed by atoms with van der Waals surface area (Å²) < 4.78 is 41.7. The maximum atomic E-state index is 13.0. The number of nitrogens with one attached hydrogen (secondary N) is 1. The Bertz CT molecular complexity index is 945. The van der Waals surface area contributed by atoms with E-state index in [1.807, 2.05) is 13.8 Å². The van der Waals surface area contributed by atoms with Crippen LogP contribution in [0.1, 0.15) is 37.0 Å². The van der Waals surface area contributed by atoms with Crippen molar-refractivity contribution in [1.29, 1.82) is 0 Å². The summed E-state index contributed by atoms with van der Waals surface area (Å²) in [7, 11) is 0.824. The number of anilines is 1. The van der Waals surface area contributed by atoms with Gasteiger partial charge in [0.1, 0.15) is 22.8 Å². The number of amides is 1. The second kappa shape index (κ2) is 9.65. The third-order valence-corrected chi connectivity index (χ3v) is 7.21. The Morgan fingerprint density at radius 2 is 1.48 bits per heavy atom. The molecule has 2 aromatic rings. The molecule has 0 radical (unpaired) electrons. The Morgan fingerprint density at radius 3 is 1.97 bits per heavy atom. The molecule has 1 amide bonds. The van der Waals surface area contributed by atoms with Gasteiger partial charge in [0.05, 0.1) is 37.2 Å². The zero-order valence-electron chi connectivity index (χ0n) is 17.3. The Labute approximate surface area is 171 Å². The first-order valence-electron chi connectivity index (χ1n) is 9.28. The first kappa shape index (κ1) is 22.5. The van der Waals surface area contributed by atoms with Crippen molar-refractivity contribution in [1.82, 2.24) is 0 Å². The average Bonchev–Trinajstić information content (AvgIpc) is 2.73. The van der Waals surface area contributed by atoms with Crippen LogP contribution in [0.5, 0.6) is 17.2 Å². The first-order chi connectivity index (χ1) is 13.8. The standard InChI is InChI=1S/C21H27NO6S/c1-6-14(7-2)29(24,25)15-11-12-17(26-3)16(13-15)22-21(23)20-18(27-4)9-8-10-19(20)28-5/h8-14H,6-7H2,1-5H3,(H,22,23). The molecule has 0 fully saturated rings. The van der Waals surface area contributed by atoms with Crippen molar-refractivity contribution in [2.75, 3.05) is 26.6 Å². The van der Waals surface area contributed by atoms with Crippen LogP contribution in [-0.4, -0.2) is 40.9 Å². The molecule has 0 aliphatic heterocycles. The van der Waals surface area contributed by atoms with Gasteiger partial charge in [0.2, 0.25) is 0 Å². The molecule has 0 saturated heterocycles. The van der Waals surface area contributed by atoms with Crippen LogP contribution in [0, 0.1) is 0 Å². The highest BCUT2D eigenvalue weighted by Crippen LogP contribution is 2.33. The van der Waals surface area contributed by atoms with Crippen LogP contribution in [0.4, 0.5) is 5.69 Å². The molecule has 1 N–H and O–H groups in total. The van der Waals surface area contributed by atoms with Crippen molar-refractivity contribution in [3.05, 3.63) is 42.0 Å². The summed E-state index contributed by atoms with van der Waals surface area (Å²) in [5.41, 5.74) is 0.449. The molecule has 29 heavy (non-hydrogen) atoms. The van der Waals surface area contributed by atoms with Gasteiger partial charge in [-0.05, 0) is 43.2 Å². The molecule has 0 aliphatic rings. The molecule has 158 valence electrons. The fraction of sp³-hybridized carbons (Fsp3) is 0.381. The van der Waals surface area contributed by atoms with Crippen molar-refractivity contribution in [2.24, 2.45) is 0 Å². The van der Waals surface area contributed by atoms with Crippen LogP contribution in [-0.2, 0) is 9.84 Å². The lowest BCUT2D eigenvalue weighted by atomic mass is 10.1. The number of methoxy groups -OCH3 is 3. The molecule has 0 bridgehead atoms. The predicted molar refractivity (Wildman–Crippen MR) is 112 cm³/mol. The molecule has 0 unspecified atom stereocenters. The van der Waals surface area contributed by atoms with Gasteiger partial charge in [-0.15, -0.1) is 0 Å². The SMILES string of the molecule is CCC(CC)S(=O)(=O)c1ccc(OC)c(NC(=O)c2c(OC)cccc2OC)c1. The van der Waals surface area contributed by atoms with Crippen molar-refractivity contribution < 1.29 is 27.4 Å². The number of carbonyl (C=O) groups is 1. The summed E-state index contributed by atoms with van der Waals surface area (Å²) >= 11 is 0. The fourth-order valence-electron chi connectivity index (χ4n) is 3.14. The molecular formula is C21H27NO6S. The van der Waals surface area contributed by atoms with Crippen LogP contribution in [0.25, 0.3) is 0 Å². The van der Waals surface area contributed by atoms with Crippen LogP contribution >= 0.6 is 0 Å². The number of benzene rings is 2. The van der Waals surface area contributed by atoms with Gasteiger partial charge in [-0.2, -0.15) is 0 Å². The Morgan fingerprint density at radius 1 is 0.931 bits per heavy atom. The summed E-state index contributed by atoms with van der Waals surface area (Å²) in [6.45, 7) is 3.68. The molecule has 8 heteroatoms. The summed E-state index contributed by atoms with van der Waals surface area (Å²) in [6.07, 6.45) is 1.01. The van der Waals surface area contributed by atoms with E-state index in [0.717, 1.165) is 0 Å². The van der Waals surface area contributed by atoms with Crippen molar-refractivity contribution in [2.45, 2.75) is 36.8 Å². The van der Waals surface area contributed by atoms with E-state index in [0.29, 0.717) is 30.1 Å². The quantitative estimate of drug-likeness (QED) is 0.660. The van der Waals surface area contributed by atoms with Gasteiger partial charge in [0.25, 0.3) is 5.91 Å². The van der Waals surface area contributed by atoms with Gasteiger partial charge >= 0.3 is 0 Å². The second-order valence-electron chi connectivity index (χ2n) is 6.34. The number of sulfone groups is 1. The van der Waals surface area contributed by atoms with E-state index in [-0.39, 0.29) is 16.1 Å². The lowest BCUT2D eigenvalue weighted by Gasteiger charge is -2.17. The Balaban J connectivity index is 2.50. The number of rotatable bonds is 9. The van der Waals surface area contributed by atoms with Crippen LogP contribution in [0.2, 0.25) is 0 Å². The molecule has 0 atom stereocenters. The van der Waals surface area contributed by atoms with E-state index in [1.165, 1.54) is 39.5 Å². The third kappa shape index (κ3) is 4.64. The average molecular weight is 422 g/mol. The summed E-state index contributed by atoms with van der Waals surface area (Å²) in [6, 6.07) is 9.44. The lowest BCUT2D eigenvalue weighted by molar-refractivity contribution is 0.102. The lowest BCUT2D eigenvalue weighted by Crippen LogP contribution is -2.20. The van der Waals surface area contributed by atoms with Gasteiger partial charge in [0.15, 0.2) is 9.84 Å². The normalized spacial score (nSPS) is 11.2. The summed E-state index contributed by atoms with van der Waals surface area (Å²) in [4.78, 5) is 13.1. The Hall–Kier alpha value is -2.74. The smallest absolute Gasteiger partial charge is 0.263 e. The zero-order chi connectivity index (χ0) is 21.6. The van der Waals surface area contributed by atoms with E-state index in [2.05, 4.69) is 5.32 Å². The molecule has 2 rings (SSSR count). The van der Waals surface area contributed by atoms with Crippen molar-refractivity contribution >= 4 is 21.4 Å². The van der Waals surface area contributed by atoms with Crippen LogP contribution in [0.3, 0.4) is 0 Å². The molecule has 0 aliphatic carbocycles. The molecular weight excluding hydrogens is 394 g/mol. The molecule has 0 spiro atoms. The minimum absolute atomic E-state index is 0.134. The highest BCUT2D eigenvalue weighted by molar-refractivity contribution is 7.92. The highest BCUT2D eigenvalue weighted by atomic mass is 32.2. The highest BCUT2D eigenvalue weighted by Gasteiger charge is 2.26. The number of hydrogen-bond donors (Lipinski definition) is 1. The van der Waals surface area contributed by atoms with Gasteiger partial charge < -0.3 is 19.5 Å². The Kier molecular flexibility index (Phi) is 7.50. The maximum absolute atomic E-state index is 13.0. The number of ether oxygens (including phenoxy) is 3. The van der Waals surface area contributed by atoms with Gasteiger partial charge in [-0.1, -0.05) is 19.9 Å². The molecule has 0 heterocycles. The minimum atomic E-state index is -3.53. The topological polar surface area (TPSA) is 90.9 Å².